The predicted molar refractivity (Wildman–Crippen MR) is 88.1 cm³/mol. The molecule has 0 saturated heterocycles. The number of benzene rings is 1. The van der Waals surface area contributed by atoms with Crippen molar-refractivity contribution in [2.75, 3.05) is 13.6 Å². The van der Waals surface area contributed by atoms with Gasteiger partial charge in [-0.3, -0.25) is 9.59 Å². The van der Waals surface area contributed by atoms with Gasteiger partial charge in [-0.25, -0.2) is 0 Å². The quantitative estimate of drug-likeness (QED) is 0.406. The van der Waals surface area contributed by atoms with Gasteiger partial charge in [-0.15, -0.1) is 0 Å². The van der Waals surface area contributed by atoms with Gasteiger partial charge in [0.05, 0.1) is 6.42 Å². The Labute approximate surface area is 133 Å². The molecular formula is C18H27NO3. The maximum atomic E-state index is 12.0. The lowest BCUT2D eigenvalue weighted by atomic mass is 10.1. The van der Waals surface area contributed by atoms with E-state index < -0.39 is 0 Å². The van der Waals surface area contributed by atoms with Crippen molar-refractivity contribution in [2.45, 2.75) is 51.9 Å². The van der Waals surface area contributed by atoms with Crippen LogP contribution in [0.2, 0.25) is 0 Å². The smallest absolute Gasteiger partial charge is 0.230 e. The topological polar surface area (TPSA) is 57.6 Å². The first-order valence-corrected chi connectivity index (χ1v) is 8.10. The predicted octanol–water partition coefficient (Wildman–Crippen LogP) is 3.78. The summed E-state index contributed by atoms with van der Waals surface area (Å²) in [7, 11) is 1.75. The maximum Gasteiger partial charge on any atom is 0.230 e. The summed E-state index contributed by atoms with van der Waals surface area (Å²) in [5.41, 5.74) is 0.458. The van der Waals surface area contributed by atoms with Crippen molar-refractivity contribution >= 4 is 11.7 Å². The standard InChI is InChI=1S/C18H27NO3/c1-3-4-5-6-7-8-13-19(2)18(22)14-17(21)15-9-11-16(20)12-10-15/h9-12,20H,3-8,13-14H2,1-2H3. The molecular weight excluding hydrogens is 278 g/mol. The summed E-state index contributed by atoms with van der Waals surface area (Å²) in [6.07, 6.45) is 6.98. The van der Waals surface area contributed by atoms with Gasteiger partial charge in [-0.05, 0) is 30.7 Å². The number of unbranched alkanes of at least 4 members (excludes halogenated alkanes) is 5. The molecule has 22 heavy (non-hydrogen) atoms. The summed E-state index contributed by atoms with van der Waals surface area (Å²) in [6, 6.07) is 5.99. The van der Waals surface area contributed by atoms with Crippen molar-refractivity contribution in [3.05, 3.63) is 29.8 Å². The molecule has 0 aliphatic heterocycles. The molecule has 0 atom stereocenters. The van der Waals surface area contributed by atoms with E-state index in [0.717, 1.165) is 12.8 Å². The third-order valence-electron chi connectivity index (χ3n) is 3.77. The van der Waals surface area contributed by atoms with Crippen LogP contribution in [0.1, 0.15) is 62.2 Å². The largest absolute Gasteiger partial charge is 0.508 e. The number of amides is 1. The van der Waals surface area contributed by atoms with Crippen LogP contribution in [0.25, 0.3) is 0 Å². The lowest BCUT2D eigenvalue weighted by Gasteiger charge is -2.16. The van der Waals surface area contributed by atoms with E-state index in [1.807, 2.05) is 0 Å². The molecule has 1 aromatic rings. The Kier molecular flexibility index (Phi) is 8.26. The van der Waals surface area contributed by atoms with E-state index in [1.54, 1.807) is 24.1 Å². The third kappa shape index (κ3) is 6.74. The fourth-order valence-electron chi connectivity index (χ4n) is 2.28. The summed E-state index contributed by atoms with van der Waals surface area (Å²) in [6.45, 7) is 2.89. The summed E-state index contributed by atoms with van der Waals surface area (Å²) in [5, 5.41) is 9.20. The molecule has 1 rings (SSSR count). The Morgan fingerprint density at radius 2 is 1.59 bits per heavy atom. The van der Waals surface area contributed by atoms with Crippen molar-refractivity contribution < 1.29 is 14.7 Å². The van der Waals surface area contributed by atoms with E-state index in [4.69, 9.17) is 0 Å². The Hall–Kier alpha value is -1.84. The highest BCUT2D eigenvalue weighted by Crippen LogP contribution is 2.12. The third-order valence-corrected chi connectivity index (χ3v) is 3.77. The minimum absolute atomic E-state index is 0.114. The Balaban J connectivity index is 2.28. The molecule has 0 saturated carbocycles. The average molecular weight is 305 g/mol. The molecule has 0 bridgehead atoms. The van der Waals surface area contributed by atoms with Crippen LogP contribution in [0.3, 0.4) is 0 Å². The number of carbonyl (C=O) groups is 2. The van der Waals surface area contributed by atoms with Gasteiger partial charge in [0.25, 0.3) is 0 Å². The molecule has 0 heterocycles. The van der Waals surface area contributed by atoms with Gasteiger partial charge in [0, 0.05) is 19.2 Å². The first-order chi connectivity index (χ1) is 10.5. The molecule has 0 aliphatic carbocycles. The molecule has 0 aromatic heterocycles. The van der Waals surface area contributed by atoms with E-state index >= 15 is 0 Å². The van der Waals surface area contributed by atoms with Crippen LogP contribution in [0.4, 0.5) is 0 Å². The van der Waals surface area contributed by atoms with E-state index in [1.165, 1.54) is 37.8 Å². The number of hydrogen-bond donors (Lipinski definition) is 1. The molecule has 0 fully saturated rings. The van der Waals surface area contributed by atoms with Gasteiger partial charge in [-0.1, -0.05) is 39.0 Å². The molecule has 0 spiro atoms. The Morgan fingerprint density at radius 1 is 1.00 bits per heavy atom. The van der Waals surface area contributed by atoms with Crippen LogP contribution >= 0.6 is 0 Å². The van der Waals surface area contributed by atoms with E-state index in [9.17, 15) is 14.7 Å². The maximum absolute atomic E-state index is 12.0. The van der Waals surface area contributed by atoms with Crippen LogP contribution in [0.15, 0.2) is 24.3 Å². The first-order valence-electron chi connectivity index (χ1n) is 8.10. The molecule has 122 valence electrons. The zero-order chi connectivity index (χ0) is 16.4. The summed E-state index contributed by atoms with van der Waals surface area (Å²) < 4.78 is 0. The number of aromatic hydroxyl groups is 1. The molecule has 4 heteroatoms. The van der Waals surface area contributed by atoms with Gasteiger partial charge in [0.1, 0.15) is 5.75 Å². The van der Waals surface area contributed by atoms with Crippen LogP contribution in [0.5, 0.6) is 5.75 Å². The number of phenols is 1. The lowest BCUT2D eigenvalue weighted by Crippen LogP contribution is -2.29. The lowest BCUT2D eigenvalue weighted by molar-refractivity contribution is -0.129. The monoisotopic (exact) mass is 305 g/mol. The second kappa shape index (κ2) is 9.98. The fourth-order valence-corrected chi connectivity index (χ4v) is 2.28. The Morgan fingerprint density at radius 3 is 2.23 bits per heavy atom. The summed E-state index contributed by atoms with van der Waals surface area (Å²) in [4.78, 5) is 25.6. The van der Waals surface area contributed by atoms with E-state index in [0.29, 0.717) is 12.1 Å². The van der Waals surface area contributed by atoms with Gasteiger partial charge in [0.2, 0.25) is 5.91 Å². The molecule has 1 aromatic carbocycles. The van der Waals surface area contributed by atoms with Crippen LogP contribution in [-0.2, 0) is 4.79 Å². The number of nitrogens with zero attached hydrogens (tertiary/aromatic N) is 1. The molecule has 1 amide bonds. The van der Waals surface area contributed by atoms with E-state index in [2.05, 4.69) is 6.92 Å². The highest BCUT2D eigenvalue weighted by Gasteiger charge is 2.15. The number of ketones is 1. The number of hydrogen-bond acceptors (Lipinski definition) is 3. The van der Waals surface area contributed by atoms with Crippen molar-refractivity contribution in [1.82, 2.24) is 4.90 Å². The SMILES string of the molecule is CCCCCCCCN(C)C(=O)CC(=O)c1ccc(O)cc1. The molecule has 0 aliphatic rings. The van der Waals surface area contributed by atoms with Crippen molar-refractivity contribution in [1.29, 1.82) is 0 Å². The molecule has 0 unspecified atom stereocenters. The Bertz CT molecular complexity index is 468. The van der Waals surface area contributed by atoms with Gasteiger partial charge < -0.3 is 10.0 Å². The van der Waals surface area contributed by atoms with Crippen LogP contribution in [-0.4, -0.2) is 35.3 Å². The van der Waals surface area contributed by atoms with E-state index in [-0.39, 0.29) is 23.9 Å². The number of Topliss-reactive ketones (excluding diaryl/α,β-unsaturated/α-hetero) is 1. The van der Waals surface area contributed by atoms with Crippen LogP contribution < -0.4 is 0 Å². The molecule has 1 N–H and O–H groups in total. The van der Waals surface area contributed by atoms with Gasteiger partial charge in [-0.2, -0.15) is 0 Å². The van der Waals surface area contributed by atoms with Crippen molar-refractivity contribution in [2.24, 2.45) is 0 Å². The summed E-state index contributed by atoms with van der Waals surface area (Å²) >= 11 is 0. The molecule has 4 nitrogen and oxygen atoms in total. The normalized spacial score (nSPS) is 10.5. The minimum atomic E-state index is -0.209. The zero-order valence-corrected chi connectivity index (χ0v) is 13.7. The first kappa shape index (κ1) is 18.2. The number of phenolic OH excluding ortho intramolecular Hbond substituents is 1. The fraction of sp³-hybridized carbons (Fsp3) is 0.556. The van der Waals surface area contributed by atoms with Gasteiger partial charge >= 0.3 is 0 Å². The van der Waals surface area contributed by atoms with Crippen LogP contribution in [0, 0.1) is 0 Å². The average Bonchev–Trinajstić information content (AvgIpc) is 2.51. The number of rotatable bonds is 10. The second-order valence-corrected chi connectivity index (χ2v) is 5.73. The highest BCUT2D eigenvalue weighted by molar-refractivity contribution is 6.07. The van der Waals surface area contributed by atoms with Crippen molar-refractivity contribution in [3.8, 4) is 5.75 Å². The number of carbonyl (C=O) groups excluding carboxylic acids is 2. The molecule has 0 radical (unpaired) electrons. The second-order valence-electron chi connectivity index (χ2n) is 5.73. The van der Waals surface area contributed by atoms with Crippen molar-refractivity contribution in [3.63, 3.8) is 0 Å². The zero-order valence-electron chi connectivity index (χ0n) is 13.7. The summed E-state index contributed by atoms with van der Waals surface area (Å²) in [5.74, 6) is -0.241. The van der Waals surface area contributed by atoms with Gasteiger partial charge in [0.15, 0.2) is 5.78 Å². The minimum Gasteiger partial charge on any atom is -0.508 e. The highest BCUT2D eigenvalue weighted by atomic mass is 16.3.